The van der Waals surface area contributed by atoms with Gasteiger partial charge in [-0.3, -0.25) is 14.4 Å². The third kappa shape index (κ3) is 3.26. The molecule has 1 saturated heterocycles. The second-order valence-corrected chi connectivity index (χ2v) is 7.68. The van der Waals surface area contributed by atoms with Crippen molar-refractivity contribution in [2.45, 2.75) is 31.7 Å². The minimum atomic E-state index is -1.11. The number of carbonyl (C=O) groups is 3. The molecule has 0 radical (unpaired) electrons. The highest BCUT2D eigenvalue weighted by Gasteiger charge is 2.63. The maximum atomic E-state index is 13.5. The van der Waals surface area contributed by atoms with E-state index in [1.807, 2.05) is 36.4 Å². The minimum Gasteiger partial charge on any atom is -0.497 e. The zero-order valence-corrected chi connectivity index (χ0v) is 17.5. The summed E-state index contributed by atoms with van der Waals surface area (Å²) in [6, 6.07) is 14.6. The number of esters is 1. The Labute approximate surface area is 180 Å². The molecule has 1 fully saturated rings. The van der Waals surface area contributed by atoms with E-state index in [4.69, 9.17) is 9.47 Å². The fourth-order valence-corrected chi connectivity index (χ4v) is 4.57. The van der Waals surface area contributed by atoms with Crippen LogP contribution in [0.25, 0.3) is 0 Å². The first-order valence-corrected chi connectivity index (χ1v) is 10.0. The smallest absolute Gasteiger partial charge is 0.304 e. The molecule has 2 aliphatic heterocycles. The fourth-order valence-electron chi connectivity index (χ4n) is 4.57. The van der Waals surface area contributed by atoms with Gasteiger partial charge in [0.25, 0.3) is 5.91 Å². The Balaban J connectivity index is 1.85. The lowest BCUT2D eigenvalue weighted by molar-refractivity contribution is -0.166. The van der Waals surface area contributed by atoms with Crippen LogP contribution >= 0.6 is 0 Å². The fraction of sp³-hybridized carbons (Fsp3) is 0.292. The third-order valence-electron chi connectivity index (χ3n) is 5.89. The summed E-state index contributed by atoms with van der Waals surface area (Å²) in [5.41, 5.74) is 0.970. The number of hydrogen-bond acceptors (Lipinski definition) is 5. The van der Waals surface area contributed by atoms with Crippen LogP contribution in [0.5, 0.6) is 5.75 Å². The first-order chi connectivity index (χ1) is 14.9. The molecule has 0 aromatic heterocycles. The molecule has 0 aliphatic carbocycles. The predicted molar refractivity (Wildman–Crippen MR) is 113 cm³/mol. The van der Waals surface area contributed by atoms with E-state index in [9.17, 15) is 14.4 Å². The van der Waals surface area contributed by atoms with Crippen LogP contribution < -0.4 is 4.74 Å². The van der Waals surface area contributed by atoms with Gasteiger partial charge in [-0.25, -0.2) is 0 Å². The van der Waals surface area contributed by atoms with Crippen molar-refractivity contribution >= 4 is 17.8 Å². The molecule has 0 unspecified atom stereocenters. The number of hydrogen-bond donors (Lipinski definition) is 0. The highest BCUT2D eigenvalue weighted by molar-refractivity contribution is 6.02. The van der Waals surface area contributed by atoms with E-state index in [2.05, 4.69) is 6.58 Å². The standard InChI is InChI=1S/C24H24N2O5/c1-4-13-25-21(28)14-24(23(25)31-16(2)27)20-8-6-5-7-19(20)22(29)26(24)15-17-9-11-18(30-3)12-10-17/h4-12,23H,1,13-15H2,2-3H3/t23-,24-/m0/s1. The summed E-state index contributed by atoms with van der Waals surface area (Å²) in [4.78, 5) is 41.7. The van der Waals surface area contributed by atoms with Gasteiger partial charge in [0, 0.05) is 25.6 Å². The molecule has 7 heteroatoms. The molecule has 1 spiro atoms. The molecular formula is C24H24N2O5. The van der Waals surface area contributed by atoms with Crippen molar-refractivity contribution in [2.75, 3.05) is 13.7 Å². The average Bonchev–Trinajstić information content (AvgIpc) is 3.16. The number of carbonyl (C=O) groups excluding carboxylic acids is 3. The minimum absolute atomic E-state index is 0.0255. The molecular weight excluding hydrogens is 396 g/mol. The number of rotatable bonds is 6. The highest BCUT2D eigenvalue weighted by Crippen LogP contribution is 2.50. The van der Waals surface area contributed by atoms with Gasteiger partial charge >= 0.3 is 5.97 Å². The predicted octanol–water partition coefficient (Wildman–Crippen LogP) is 2.85. The van der Waals surface area contributed by atoms with Crippen LogP contribution in [0.3, 0.4) is 0 Å². The topological polar surface area (TPSA) is 76.2 Å². The molecule has 0 N–H and O–H groups in total. The van der Waals surface area contributed by atoms with E-state index < -0.39 is 17.7 Å². The molecule has 0 saturated carbocycles. The number of fused-ring (bicyclic) bond motifs is 2. The lowest BCUT2D eigenvalue weighted by Crippen LogP contribution is -2.54. The second kappa shape index (κ2) is 7.91. The molecule has 0 bridgehead atoms. The van der Waals surface area contributed by atoms with E-state index in [0.29, 0.717) is 16.9 Å². The van der Waals surface area contributed by atoms with Gasteiger partial charge in [-0.1, -0.05) is 36.4 Å². The van der Waals surface area contributed by atoms with Crippen molar-refractivity contribution in [1.82, 2.24) is 9.80 Å². The van der Waals surface area contributed by atoms with Crippen LogP contribution in [0.4, 0.5) is 0 Å². The van der Waals surface area contributed by atoms with Gasteiger partial charge in [0.2, 0.25) is 12.1 Å². The first kappa shape index (κ1) is 20.7. The maximum Gasteiger partial charge on any atom is 0.304 e. The Bertz CT molecular complexity index is 1050. The van der Waals surface area contributed by atoms with Gasteiger partial charge in [-0.15, -0.1) is 6.58 Å². The van der Waals surface area contributed by atoms with Gasteiger partial charge in [0.1, 0.15) is 11.3 Å². The second-order valence-electron chi connectivity index (χ2n) is 7.68. The summed E-state index contributed by atoms with van der Waals surface area (Å²) in [6.07, 6.45) is 0.670. The average molecular weight is 420 g/mol. The third-order valence-corrected chi connectivity index (χ3v) is 5.89. The molecule has 2 amide bonds. The normalized spacial score (nSPS) is 22.1. The summed E-state index contributed by atoms with van der Waals surface area (Å²) in [7, 11) is 1.59. The van der Waals surface area contributed by atoms with Crippen molar-refractivity contribution in [3.8, 4) is 5.75 Å². The molecule has 2 aromatic rings. The van der Waals surface area contributed by atoms with Crippen LogP contribution in [0.1, 0.15) is 34.8 Å². The molecule has 7 nitrogen and oxygen atoms in total. The molecule has 2 aromatic carbocycles. The van der Waals surface area contributed by atoms with Gasteiger partial charge < -0.3 is 19.3 Å². The zero-order chi connectivity index (χ0) is 22.2. The van der Waals surface area contributed by atoms with E-state index in [0.717, 1.165) is 5.56 Å². The van der Waals surface area contributed by atoms with Crippen LogP contribution in [0.2, 0.25) is 0 Å². The van der Waals surface area contributed by atoms with Crippen molar-refractivity contribution in [2.24, 2.45) is 0 Å². The van der Waals surface area contributed by atoms with Crippen molar-refractivity contribution in [1.29, 1.82) is 0 Å². The number of methoxy groups -OCH3 is 1. The van der Waals surface area contributed by atoms with Crippen LogP contribution in [0.15, 0.2) is 61.2 Å². The lowest BCUT2D eigenvalue weighted by atomic mass is 9.86. The quantitative estimate of drug-likeness (QED) is 0.531. The number of amides is 2. The van der Waals surface area contributed by atoms with E-state index in [1.165, 1.54) is 11.8 Å². The van der Waals surface area contributed by atoms with Crippen LogP contribution in [-0.4, -0.2) is 47.5 Å². The van der Waals surface area contributed by atoms with Crippen molar-refractivity contribution in [3.63, 3.8) is 0 Å². The number of likely N-dealkylation sites (tertiary alicyclic amines) is 1. The van der Waals surface area contributed by atoms with Crippen molar-refractivity contribution in [3.05, 3.63) is 77.9 Å². The van der Waals surface area contributed by atoms with Crippen LogP contribution in [-0.2, 0) is 26.4 Å². The summed E-state index contributed by atoms with van der Waals surface area (Å²) >= 11 is 0. The Kier molecular flexibility index (Phi) is 5.27. The zero-order valence-electron chi connectivity index (χ0n) is 17.5. The summed E-state index contributed by atoms with van der Waals surface area (Å²) in [5.74, 6) is -0.206. The van der Waals surface area contributed by atoms with Gasteiger partial charge in [0.15, 0.2) is 0 Å². The summed E-state index contributed by atoms with van der Waals surface area (Å²) in [5, 5.41) is 0. The summed E-state index contributed by atoms with van der Waals surface area (Å²) < 4.78 is 10.9. The van der Waals surface area contributed by atoms with Gasteiger partial charge in [-0.2, -0.15) is 0 Å². The Morgan fingerprint density at radius 1 is 1.19 bits per heavy atom. The lowest BCUT2D eigenvalue weighted by Gasteiger charge is -2.40. The molecule has 160 valence electrons. The van der Waals surface area contributed by atoms with E-state index >= 15 is 0 Å². The van der Waals surface area contributed by atoms with Gasteiger partial charge in [-0.05, 0) is 29.3 Å². The Hall–Kier alpha value is -3.61. The number of benzene rings is 2. The molecule has 4 rings (SSSR count). The van der Waals surface area contributed by atoms with Crippen LogP contribution in [0, 0.1) is 0 Å². The number of ether oxygens (including phenoxy) is 2. The molecule has 2 heterocycles. The maximum absolute atomic E-state index is 13.5. The Morgan fingerprint density at radius 3 is 2.55 bits per heavy atom. The molecule has 2 aliphatic rings. The van der Waals surface area contributed by atoms with E-state index in [1.54, 1.807) is 30.2 Å². The highest BCUT2D eigenvalue weighted by atomic mass is 16.6. The molecule has 31 heavy (non-hydrogen) atoms. The van der Waals surface area contributed by atoms with Crippen molar-refractivity contribution < 1.29 is 23.9 Å². The molecule has 2 atom stereocenters. The Morgan fingerprint density at radius 2 is 1.90 bits per heavy atom. The number of nitrogens with zero attached hydrogens (tertiary/aromatic N) is 2. The first-order valence-electron chi connectivity index (χ1n) is 10.0. The summed E-state index contributed by atoms with van der Waals surface area (Å²) in [6.45, 7) is 5.50. The SMILES string of the molecule is C=CCN1C(=O)C[C@]2(c3ccccc3C(=O)N2Cc2ccc(OC)cc2)[C@@H]1OC(C)=O. The van der Waals surface area contributed by atoms with E-state index in [-0.39, 0.29) is 31.3 Å². The largest absolute Gasteiger partial charge is 0.497 e. The monoisotopic (exact) mass is 420 g/mol. The van der Waals surface area contributed by atoms with Gasteiger partial charge in [0.05, 0.1) is 13.5 Å².